The number of nitrogens with one attached hydrogen (secondary N) is 1. The van der Waals surface area contributed by atoms with Crippen molar-refractivity contribution >= 4 is 44.7 Å². The second-order valence-corrected chi connectivity index (χ2v) is 7.21. The van der Waals surface area contributed by atoms with Crippen molar-refractivity contribution in [3.63, 3.8) is 0 Å². The third-order valence-electron chi connectivity index (χ3n) is 3.47. The Morgan fingerprint density at radius 1 is 1.27 bits per heavy atom. The number of fused-ring (bicyclic) bond motifs is 1. The van der Waals surface area contributed by atoms with E-state index in [0.29, 0.717) is 0 Å². The number of carbonyl (C=O) groups is 1. The van der Waals surface area contributed by atoms with Crippen molar-refractivity contribution in [3.05, 3.63) is 64.0 Å². The number of ketones is 1. The zero-order valence-corrected chi connectivity index (χ0v) is 14.2. The van der Waals surface area contributed by atoms with Crippen molar-refractivity contribution in [2.24, 2.45) is 0 Å². The van der Waals surface area contributed by atoms with Crippen LogP contribution < -0.4 is 0 Å². The number of hydrogen-bond acceptors (Lipinski definition) is 3. The van der Waals surface area contributed by atoms with Gasteiger partial charge in [0.2, 0.25) is 0 Å². The van der Waals surface area contributed by atoms with E-state index in [1.807, 2.05) is 29.6 Å². The molecule has 0 amide bonds. The molecule has 2 heterocycles. The van der Waals surface area contributed by atoms with Gasteiger partial charge in [-0.25, -0.2) is 0 Å². The lowest BCUT2D eigenvalue weighted by Crippen LogP contribution is -1.93. The number of allylic oxidation sites excluding steroid dienone is 1. The molecule has 2 aromatic heterocycles. The Morgan fingerprint density at radius 2 is 2.09 bits per heavy atom. The highest BCUT2D eigenvalue weighted by Crippen LogP contribution is 2.35. The summed E-state index contributed by atoms with van der Waals surface area (Å²) in [5.74, 6) is 1.01. The fourth-order valence-electron chi connectivity index (χ4n) is 2.54. The summed E-state index contributed by atoms with van der Waals surface area (Å²) in [4.78, 5) is 17.7. The summed E-state index contributed by atoms with van der Waals surface area (Å²) in [6.45, 7) is 4.17. The number of benzene rings is 1. The highest BCUT2D eigenvalue weighted by atomic mass is 32.2. The molecule has 0 atom stereocenters. The molecule has 3 rings (SSSR count). The van der Waals surface area contributed by atoms with E-state index in [1.54, 1.807) is 17.8 Å². The standard InChI is InChI=1S/C18H17NOS2/c1-3-21-17(11-15(20)16-9-6-10-22-16)18-12(2)19-14-8-5-4-7-13(14)18/h4-11,19H,3H2,1-2H3. The third kappa shape index (κ3) is 2.89. The monoisotopic (exact) mass is 327 g/mol. The quantitative estimate of drug-likeness (QED) is 0.495. The molecule has 2 nitrogen and oxygen atoms in total. The molecule has 3 aromatic rings. The van der Waals surface area contributed by atoms with Crippen LogP contribution in [-0.4, -0.2) is 16.5 Å². The molecule has 22 heavy (non-hydrogen) atoms. The minimum Gasteiger partial charge on any atom is -0.358 e. The minimum atomic E-state index is 0.0793. The van der Waals surface area contributed by atoms with E-state index in [4.69, 9.17) is 0 Å². The van der Waals surface area contributed by atoms with Gasteiger partial charge in [0.05, 0.1) is 4.88 Å². The fraction of sp³-hybridized carbons (Fsp3) is 0.167. The summed E-state index contributed by atoms with van der Waals surface area (Å²) in [7, 11) is 0. The molecule has 112 valence electrons. The van der Waals surface area contributed by atoms with Crippen LogP contribution in [0.3, 0.4) is 0 Å². The van der Waals surface area contributed by atoms with Crippen LogP contribution in [0.2, 0.25) is 0 Å². The van der Waals surface area contributed by atoms with Crippen LogP contribution in [0.5, 0.6) is 0 Å². The van der Waals surface area contributed by atoms with Crippen LogP contribution in [0.1, 0.15) is 27.9 Å². The largest absolute Gasteiger partial charge is 0.358 e. The predicted octanol–water partition coefficient (Wildman–Crippen LogP) is 5.51. The molecule has 4 heteroatoms. The normalized spacial score (nSPS) is 12.0. The molecule has 0 fully saturated rings. The average Bonchev–Trinajstić information content (AvgIpc) is 3.13. The van der Waals surface area contributed by atoms with E-state index >= 15 is 0 Å². The fourth-order valence-corrected chi connectivity index (χ4v) is 4.09. The number of thiophene rings is 1. The maximum Gasteiger partial charge on any atom is 0.196 e. The molecule has 0 aliphatic carbocycles. The highest BCUT2D eigenvalue weighted by molar-refractivity contribution is 8.08. The third-order valence-corrected chi connectivity index (χ3v) is 5.27. The van der Waals surface area contributed by atoms with Gasteiger partial charge < -0.3 is 4.98 Å². The Hall–Kier alpha value is -1.78. The summed E-state index contributed by atoms with van der Waals surface area (Å²) in [6.07, 6.45) is 1.78. The summed E-state index contributed by atoms with van der Waals surface area (Å²) >= 11 is 3.20. The van der Waals surface area contributed by atoms with E-state index in [2.05, 4.69) is 31.0 Å². The van der Waals surface area contributed by atoms with Gasteiger partial charge in [-0.05, 0) is 30.2 Å². The van der Waals surface area contributed by atoms with Gasteiger partial charge in [-0.2, -0.15) is 0 Å². The Kier molecular flexibility index (Phi) is 4.50. The summed E-state index contributed by atoms with van der Waals surface area (Å²) in [6, 6.07) is 12.0. The SMILES string of the molecule is CCSC(=CC(=O)c1cccs1)c1c(C)[nH]c2ccccc12. The van der Waals surface area contributed by atoms with Gasteiger partial charge >= 0.3 is 0 Å². The highest BCUT2D eigenvalue weighted by Gasteiger charge is 2.15. The van der Waals surface area contributed by atoms with Gasteiger partial charge in [-0.1, -0.05) is 31.2 Å². The number of H-pyrrole nitrogens is 1. The van der Waals surface area contributed by atoms with E-state index < -0.39 is 0 Å². The Morgan fingerprint density at radius 3 is 2.82 bits per heavy atom. The zero-order valence-electron chi connectivity index (χ0n) is 12.6. The maximum atomic E-state index is 12.4. The van der Waals surface area contributed by atoms with Crippen LogP contribution in [0, 0.1) is 6.92 Å². The summed E-state index contributed by atoms with van der Waals surface area (Å²) in [5.41, 5.74) is 3.36. The number of aryl methyl sites for hydroxylation is 1. The lowest BCUT2D eigenvalue weighted by Gasteiger charge is -2.06. The molecule has 0 aliphatic rings. The molecule has 0 saturated carbocycles. The van der Waals surface area contributed by atoms with Gasteiger partial charge in [0.1, 0.15) is 0 Å². The van der Waals surface area contributed by atoms with E-state index in [9.17, 15) is 4.79 Å². The number of thioether (sulfide) groups is 1. The van der Waals surface area contributed by atoms with Gasteiger partial charge in [0, 0.05) is 33.1 Å². The second kappa shape index (κ2) is 6.55. The smallest absolute Gasteiger partial charge is 0.196 e. The zero-order chi connectivity index (χ0) is 15.5. The molecule has 0 spiro atoms. The van der Waals surface area contributed by atoms with Crippen molar-refractivity contribution < 1.29 is 4.79 Å². The Labute approximate surface area is 138 Å². The van der Waals surface area contributed by atoms with Crippen LogP contribution in [-0.2, 0) is 0 Å². The number of para-hydroxylation sites is 1. The lowest BCUT2D eigenvalue weighted by molar-refractivity contribution is 0.105. The van der Waals surface area contributed by atoms with Crippen molar-refractivity contribution in [2.75, 3.05) is 5.75 Å². The van der Waals surface area contributed by atoms with E-state index in [0.717, 1.165) is 32.3 Å². The van der Waals surface area contributed by atoms with Gasteiger partial charge in [0.15, 0.2) is 5.78 Å². The average molecular weight is 327 g/mol. The predicted molar refractivity (Wildman–Crippen MR) is 97.8 cm³/mol. The first kappa shape index (κ1) is 15.1. The summed E-state index contributed by atoms with van der Waals surface area (Å²) in [5, 5.41) is 3.11. The Balaban J connectivity index is 2.10. The molecular weight excluding hydrogens is 310 g/mol. The maximum absolute atomic E-state index is 12.4. The molecule has 0 aliphatic heterocycles. The van der Waals surface area contributed by atoms with Gasteiger partial charge in [-0.3, -0.25) is 4.79 Å². The Bertz CT molecular complexity index is 828. The first-order valence-electron chi connectivity index (χ1n) is 7.20. The number of aromatic nitrogens is 1. The van der Waals surface area contributed by atoms with Gasteiger partial charge in [-0.15, -0.1) is 23.1 Å². The molecule has 0 unspecified atom stereocenters. The molecule has 0 bridgehead atoms. The van der Waals surface area contributed by atoms with Crippen molar-refractivity contribution in [1.29, 1.82) is 0 Å². The minimum absolute atomic E-state index is 0.0793. The van der Waals surface area contributed by atoms with Gasteiger partial charge in [0.25, 0.3) is 0 Å². The number of aromatic amines is 1. The first-order chi connectivity index (χ1) is 10.7. The van der Waals surface area contributed by atoms with Crippen molar-refractivity contribution in [2.45, 2.75) is 13.8 Å². The molecule has 0 radical (unpaired) electrons. The number of carbonyl (C=O) groups excluding carboxylic acids is 1. The lowest BCUT2D eigenvalue weighted by atomic mass is 10.1. The van der Waals surface area contributed by atoms with Crippen LogP contribution in [0.15, 0.2) is 47.9 Å². The van der Waals surface area contributed by atoms with Crippen LogP contribution >= 0.6 is 23.1 Å². The summed E-state index contributed by atoms with van der Waals surface area (Å²) < 4.78 is 0. The van der Waals surface area contributed by atoms with Crippen LogP contribution in [0.25, 0.3) is 15.8 Å². The van der Waals surface area contributed by atoms with E-state index in [1.165, 1.54) is 16.7 Å². The molecule has 1 aromatic carbocycles. The second-order valence-electron chi connectivity index (χ2n) is 4.95. The topological polar surface area (TPSA) is 32.9 Å². The first-order valence-corrected chi connectivity index (χ1v) is 9.07. The van der Waals surface area contributed by atoms with Crippen LogP contribution in [0.4, 0.5) is 0 Å². The van der Waals surface area contributed by atoms with E-state index in [-0.39, 0.29) is 5.78 Å². The number of hydrogen-bond donors (Lipinski definition) is 1. The molecular formula is C18H17NOS2. The molecule has 0 saturated heterocycles. The number of rotatable bonds is 5. The van der Waals surface area contributed by atoms with Crippen molar-refractivity contribution in [3.8, 4) is 0 Å². The van der Waals surface area contributed by atoms with Crippen molar-refractivity contribution in [1.82, 2.24) is 4.98 Å². The molecule has 1 N–H and O–H groups in total.